The average Bonchev–Trinajstić information content (AvgIpc) is 2.47. The standard InChI is InChI=1S/C21H40O/c1-5-21(20(4)22)18-16-14-12-10-8-6-7-9-11-13-15-17-19(2)3/h21H,2,5-18H2,1,3-4H3. The Morgan fingerprint density at radius 2 is 1.18 bits per heavy atom. The number of Topliss-reactive ketones (excluding diaryl/α,β-unsaturated/α-hetero) is 1. The van der Waals surface area contributed by atoms with E-state index >= 15 is 0 Å². The van der Waals surface area contributed by atoms with Crippen molar-refractivity contribution in [2.24, 2.45) is 5.92 Å². The lowest BCUT2D eigenvalue weighted by molar-refractivity contribution is -0.121. The lowest BCUT2D eigenvalue weighted by atomic mass is 9.94. The number of ketones is 1. The van der Waals surface area contributed by atoms with Crippen LogP contribution < -0.4 is 0 Å². The van der Waals surface area contributed by atoms with Gasteiger partial charge in [0.15, 0.2) is 0 Å². The molecule has 130 valence electrons. The van der Waals surface area contributed by atoms with E-state index in [1.807, 2.05) is 0 Å². The van der Waals surface area contributed by atoms with Crippen LogP contribution in [0.3, 0.4) is 0 Å². The molecule has 0 amide bonds. The summed E-state index contributed by atoms with van der Waals surface area (Å²) in [7, 11) is 0. The van der Waals surface area contributed by atoms with E-state index in [9.17, 15) is 4.79 Å². The minimum atomic E-state index is 0.324. The molecule has 1 heteroatoms. The Balaban J connectivity index is 3.17. The number of hydrogen-bond donors (Lipinski definition) is 0. The zero-order chi connectivity index (χ0) is 16.6. The number of rotatable bonds is 16. The molecule has 0 heterocycles. The molecule has 0 spiro atoms. The molecule has 1 atom stereocenters. The van der Waals surface area contributed by atoms with Gasteiger partial charge in [-0.3, -0.25) is 4.79 Å². The number of hydrogen-bond acceptors (Lipinski definition) is 1. The first-order valence-electron chi connectivity index (χ1n) is 9.72. The van der Waals surface area contributed by atoms with Crippen LogP contribution in [0.2, 0.25) is 0 Å². The predicted octanol–water partition coefficient (Wildman–Crippen LogP) is 7.25. The van der Waals surface area contributed by atoms with Crippen LogP contribution >= 0.6 is 0 Å². The van der Waals surface area contributed by atoms with Crippen LogP contribution in [0.5, 0.6) is 0 Å². The SMILES string of the molecule is C=C(C)CCCCCCCCCCCCCC(CC)C(C)=O. The maximum absolute atomic E-state index is 11.3. The first kappa shape index (κ1) is 21.4. The molecule has 0 aromatic rings. The normalized spacial score (nSPS) is 12.3. The summed E-state index contributed by atoms with van der Waals surface area (Å²) in [6.07, 6.45) is 18.3. The molecule has 0 bridgehead atoms. The van der Waals surface area contributed by atoms with E-state index in [0.717, 1.165) is 12.8 Å². The maximum atomic E-state index is 11.3. The van der Waals surface area contributed by atoms with Crippen LogP contribution in [-0.4, -0.2) is 5.78 Å². The maximum Gasteiger partial charge on any atom is 0.132 e. The molecule has 0 aliphatic heterocycles. The molecule has 1 unspecified atom stereocenters. The van der Waals surface area contributed by atoms with E-state index < -0.39 is 0 Å². The quantitative estimate of drug-likeness (QED) is 0.217. The van der Waals surface area contributed by atoms with E-state index in [0.29, 0.717) is 11.7 Å². The fraction of sp³-hybridized carbons (Fsp3) is 0.857. The highest BCUT2D eigenvalue weighted by Crippen LogP contribution is 2.17. The molecule has 0 aromatic carbocycles. The Kier molecular flexibility index (Phi) is 14.9. The Labute approximate surface area is 140 Å². The lowest BCUT2D eigenvalue weighted by Gasteiger charge is -2.10. The average molecular weight is 309 g/mol. The minimum absolute atomic E-state index is 0.324. The van der Waals surface area contributed by atoms with Crippen molar-refractivity contribution in [3.63, 3.8) is 0 Å². The van der Waals surface area contributed by atoms with Crippen molar-refractivity contribution >= 4 is 5.78 Å². The van der Waals surface area contributed by atoms with Gasteiger partial charge in [-0.15, -0.1) is 6.58 Å². The summed E-state index contributed by atoms with van der Waals surface area (Å²) < 4.78 is 0. The fourth-order valence-corrected chi connectivity index (χ4v) is 3.10. The molecule has 1 nitrogen and oxygen atoms in total. The lowest BCUT2D eigenvalue weighted by Crippen LogP contribution is -2.09. The molecule has 0 saturated heterocycles. The van der Waals surface area contributed by atoms with Crippen molar-refractivity contribution in [2.75, 3.05) is 0 Å². The van der Waals surface area contributed by atoms with E-state index in [1.54, 1.807) is 6.92 Å². The van der Waals surface area contributed by atoms with E-state index in [1.165, 1.54) is 82.6 Å². The van der Waals surface area contributed by atoms with Gasteiger partial charge in [-0.05, 0) is 39.5 Å². The van der Waals surface area contributed by atoms with Gasteiger partial charge in [0, 0.05) is 5.92 Å². The third-order valence-electron chi connectivity index (χ3n) is 4.72. The second-order valence-electron chi connectivity index (χ2n) is 7.10. The summed E-state index contributed by atoms with van der Waals surface area (Å²) in [5.74, 6) is 0.704. The van der Waals surface area contributed by atoms with E-state index in [-0.39, 0.29) is 0 Å². The largest absolute Gasteiger partial charge is 0.300 e. The molecule has 0 aliphatic rings. The number of carbonyl (C=O) groups is 1. The van der Waals surface area contributed by atoms with Gasteiger partial charge < -0.3 is 0 Å². The first-order valence-corrected chi connectivity index (χ1v) is 9.72. The third kappa shape index (κ3) is 14.4. The number of carbonyl (C=O) groups excluding carboxylic acids is 1. The summed E-state index contributed by atoms with van der Waals surface area (Å²) in [4.78, 5) is 11.3. The second-order valence-corrected chi connectivity index (χ2v) is 7.10. The molecule has 0 aliphatic carbocycles. The number of unbranched alkanes of at least 4 members (excludes halogenated alkanes) is 10. The second kappa shape index (κ2) is 15.3. The summed E-state index contributed by atoms with van der Waals surface area (Å²) in [6.45, 7) is 9.95. The molecule has 0 aromatic heterocycles. The molecular weight excluding hydrogens is 268 g/mol. The highest BCUT2D eigenvalue weighted by atomic mass is 16.1. The van der Waals surface area contributed by atoms with Crippen molar-refractivity contribution in [2.45, 2.75) is 111 Å². The van der Waals surface area contributed by atoms with Crippen molar-refractivity contribution < 1.29 is 4.79 Å². The van der Waals surface area contributed by atoms with E-state index in [4.69, 9.17) is 0 Å². The van der Waals surface area contributed by atoms with Gasteiger partial charge in [-0.1, -0.05) is 76.7 Å². The molecule has 0 radical (unpaired) electrons. The Bertz CT molecular complexity index is 280. The summed E-state index contributed by atoms with van der Waals surface area (Å²) in [5, 5.41) is 0. The van der Waals surface area contributed by atoms with Gasteiger partial charge in [0.05, 0.1) is 0 Å². The van der Waals surface area contributed by atoms with Gasteiger partial charge in [0.1, 0.15) is 5.78 Å². The highest BCUT2D eigenvalue weighted by molar-refractivity contribution is 5.78. The first-order chi connectivity index (χ1) is 10.6. The predicted molar refractivity (Wildman–Crippen MR) is 99.3 cm³/mol. The topological polar surface area (TPSA) is 17.1 Å². The van der Waals surface area contributed by atoms with Crippen LogP contribution in [-0.2, 0) is 4.79 Å². The zero-order valence-electron chi connectivity index (χ0n) is 15.6. The highest BCUT2D eigenvalue weighted by Gasteiger charge is 2.10. The Morgan fingerprint density at radius 1 is 0.773 bits per heavy atom. The monoisotopic (exact) mass is 308 g/mol. The smallest absolute Gasteiger partial charge is 0.132 e. The van der Waals surface area contributed by atoms with Gasteiger partial charge in [-0.25, -0.2) is 0 Å². The third-order valence-corrected chi connectivity index (χ3v) is 4.72. The molecule has 0 fully saturated rings. The fourth-order valence-electron chi connectivity index (χ4n) is 3.10. The van der Waals surface area contributed by atoms with Crippen molar-refractivity contribution in [3.8, 4) is 0 Å². The van der Waals surface area contributed by atoms with Crippen LogP contribution in [0.4, 0.5) is 0 Å². The molecule has 0 saturated carbocycles. The van der Waals surface area contributed by atoms with Crippen LogP contribution in [0.1, 0.15) is 111 Å². The molecule has 0 N–H and O–H groups in total. The van der Waals surface area contributed by atoms with Crippen molar-refractivity contribution in [3.05, 3.63) is 12.2 Å². The molecule has 22 heavy (non-hydrogen) atoms. The van der Waals surface area contributed by atoms with Gasteiger partial charge in [0.2, 0.25) is 0 Å². The van der Waals surface area contributed by atoms with Crippen LogP contribution in [0, 0.1) is 5.92 Å². The van der Waals surface area contributed by atoms with Gasteiger partial charge >= 0.3 is 0 Å². The summed E-state index contributed by atoms with van der Waals surface area (Å²) in [6, 6.07) is 0. The van der Waals surface area contributed by atoms with Crippen LogP contribution in [0.15, 0.2) is 12.2 Å². The molecular formula is C21H40O. The Morgan fingerprint density at radius 3 is 1.55 bits per heavy atom. The summed E-state index contributed by atoms with van der Waals surface area (Å²) >= 11 is 0. The number of allylic oxidation sites excluding steroid dienone is 1. The van der Waals surface area contributed by atoms with Crippen molar-refractivity contribution in [1.29, 1.82) is 0 Å². The summed E-state index contributed by atoms with van der Waals surface area (Å²) in [5.41, 5.74) is 1.33. The van der Waals surface area contributed by atoms with E-state index in [2.05, 4.69) is 20.4 Å². The van der Waals surface area contributed by atoms with Crippen molar-refractivity contribution in [1.82, 2.24) is 0 Å². The van der Waals surface area contributed by atoms with Gasteiger partial charge in [-0.2, -0.15) is 0 Å². The van der Waals surface area contributed by atoms with Gasteiger partial charge in [0.25, 0.3) is 0 Å². The minimum Gasteiger partial charge on any atom is -0.300 e. The van der Waals surface area contributed by atoms with Crippen LogP contribution in [0.25, 0.3) is 0 Å². The molecule has 0 rings (SSSR count). The Hall–Kier alpha value is -0.590. The zero-order valence-corrected chi connectivity index (χ0v) is 15.6.